The molecule has 14 atom stereocenters. The predicted octanol–water partition coefficient (Wildman–Crippen LogP) is 10.8. The van der Waals surface area contributed by atoms with Crippen LogP contribution < -0.4 is 0 Å². The first kappa shape index (κ1) is 45.9. The normalized spacial score (nSPS) is 49.0. The molecule has 8 nitrogen and oxygen atoms in total. The zero-order valence-electron chi connectivity index (χ0n) is 41.3. The summed E-state index contributed by atoms with van der Waals surface area (Å²) in [5, 5.41) is 20.9. The van der Waals surface area contributed by atoms with E-state index < -0.39 is 22.9 Å². The van der Waals surface area contributed by atoms with Gasteiger partial charge in [-0.05, 0) is 172 Å². The number of nitrogens with zero attached hydrogens (tertiary/aromatic N) is 2. The second-order valence-electron chi connectivity index (χ2n) is 26.4. The molecule has 8 heteroatoms. The lowest BCUT2D eigenvalue weighted by atomic mass is 9.24. The molecule has 8 fully saturated rings. The van der Waals surface area contributed by atoms with Crippen LogP contribution in [0.1, 0.15) is 193 Å². The number of hydrogen-bond donors (Lipinski definition) is 2. The minimum atomic E-state index is -0.816. The van der Waals surface area contributed by atoms with Crippen LogP contribution in [0.3, 0.4) is 0 Å². The number of rotatable bonds is 8. The van der Waals surface area contributed by atoms with Crippen LogP contribution in [0.5, 0.6) is 0 Å². The van der Waals surface area contributed by atoms with Crippen molar-refractivity contribution in [2.45, 2.75) is 217 Å². The third-order valence-electron chi connectivity index (χ3n) is 23.9. The molecular formula is C53H88N2O6. The molecule has 2 heterocycles. The van der Waals surface area contributed by atoms with Crippen molar-refractivity contribution in [3.05, 3.63) is 0 Å². The van der Waals surface area contributed by atoms with Gasteiger partial charge < -0.3 is 19.8 Å². The van der Waals surface area contributed by atoms with Crippen molar-refractivity contribution in [1.29, 1.82) is 0 Å². The van der Waals surface area contributed by atoms with E-state index in [4.69, 9.17) is 4.74 Å². The maximum absolute atomic E-state index is 15.8. The van der Waals surface area contributed by atoms with E-state index in [1.54, 1.807) is 0 Å². The van der Waals surface area contributed by atoms with Crippen molar-refractivity contribution in [3.63, 3.8) is 0 Å². The van der Waals surface area contributed by atoms with Crippen molar-refractivity contribution in [2.75, 3.05) is 19.6 Å². The maximum Gasteiger partial charge on any atom is 0.309 e. The van der Waals surface area contributed by atoms with Crippen molar-refractivity contribution >= 4 is 17.8 Å². The average molecular weight is 849 g/mol. The molecule has 6 aliphatic carbocycles. The molecule has 1 unspecified atom stereocenters. The van der Waals surface area contributed by atoms with Gasteiger partial charge in [0, 0.05) is 30.6 Å². The Hall–Kier alpha value is -1.67. The number of esters is 1. The number of fused-ring (bicyclic) bond motifs is 7. The largest absolute Gasteiger partial charge is 0.481 e. The first-order valence-corrected chi connectivity index (χ1v) is 25.3. The Morgan fingerprint density at radius 1 is 0.721 bits per heavy atom. The summed E-state index contributed by atoms with van der Waals surface area (Å²) in [6, 6.07) is 0.379. The number of carbonyl (C=O) groups is 3. The fourth-order valence-electron chi connectivity index (χ4n) is 19.1. The molecule has 0 aromatic heterocycles. The Morgan fingerprint density at radius 2 is 1.34 bits per heavy atom. The zero-order valence-corrected chi connectivity index (χ0v) is 41.3. The van der Waals surface area contributed by atoms with E-state index in [1.807, 2.05) is 27.7 Å². The Morgan fingerprint density at radius 3 is 1.97 bits per heavy atom. The Bertz CT molecular complexity index is 1780. The standard InChI is InChI=1S/C53H88N2O6/c1-33(2)35-19-24-53(43(59)55-30-15-17-34(55)32-54-29-16-18-39(54)46(7,8)60)28-25-47(9)38(52(35,53)14)20-22-51(13)49(47,11)27-26-48(10)45(5,6)40(21-23-50(48,51)12)61-42(58)37-31-36(41(56)57)44(37,3)4/h33-40,60H,15-32H2,1-14H3,(H,56,57)/t34-,35-,36?,37+,38-,39-,40-,47+,48-,49-,50-,51-,52+,53+/m0/s1. The third kappa shape index (κ3) is 5.69. The highest BCUT2D eigenvalue weighted by molar-refractivity contribution is 5.85. The number of aliphatic hydroxyl groups is 1. The van der Waals surface area contributed by atoms with Gasteiger partial charge in [-0.25, -0.2) is 0 Å². The summed E-state index contributed by atoms with van der Waals surface area (Å²) in [7, 11) is 0. The smallest absolute Gasteiger partial charge is 0.309 e. The van der Waals surface area contributed by atoms with E-state index in [9.17, 15) is 19.8 Å². The van der Waals surface area contributed by atoms with E-state index in [-0.39, 0.29) is 73.4 Å². The number of ether oxygens (including phenoxy) is 1. The van der Waals surface area contributed by atoms with Crippen LogP contribution in [0.15, 0.2) is 0 Å². The van der Waals surface area contributed by atoms with Crippen molar-refractivity contribution in [2.24, 2.45) is 78.3 Å². The van der Waals surface area contributed by atoms with Gasteiger partial charge in [-0.3, -0.25) is 19.3 Å². The van der Waals surface area contributed by atoms with Crippen LogP contribution in [0.4, 0.5) is 0 Å². The first-order valence-electron chi connectivity index (χ1n) is 25.3. The molecule has 61 heavy (non-hydrogen) atoms. The monoisotopic (exact) mass is 849 g/mol. The van der Waals surface area contributed by atoms with Crippen molar-refractivity contribution in [3.8, 4) is 0 Å². The highest BCUT2D eigenvalue weighted by atomic mass is 16.5. The van der Waals surface area contributed by atoms with Crippen LogP contribution in [0.2, 0.25) is 0 Å². The van der Waals surface area contributed by atoms with Gasteiger partial charge in [0.1, 0.15) is 6.10 Å². The van der Waals surface area contributed by atoms with E-state index >= 15 is 4.79 Å². The first-order chi connectivity index (χ1) is 28.1. The van der Waals surface area contributed by atoms with Crippen LogP contribution in [-0.4, -0.2) is 81.3 Å². The minimum absolute atomic E-state index is 0.00918. The molecule has 0 radical (unpaired) electrons. The molecule has 0 aromatic carbocycles. The summed E-state index contributed by atoms with van der Waals surface area (Å²) >= 11 is 0. The quantitative estimate of drug-likeness (QED) is 0.234. The topological polar surface area (TPSA) is 107 Å². The number of aliphatic carboxylic acids is 1. The van der Waals surface area contributed by atoms with Gasteiger partial charge in [0.25, 0.3) is 0 Å². The van der Waals surface area contributed by atoms with Gasteiger partial charge in [-0.1, -0.05) is 83.1 Å². The minimum Gasteiger partial charge on any atom is -0.481 e. The van der Waals surface area contributed by atoms with Gasteiger partial charge in [-0.2, -0.15) is 0 Å². The lowest BCUT2D eigenvalue weighted by Crippen LogP contribution is -2.75. The predicted molar refractivity (Wildman–Crippen MR) is 241 cm³/mol. The summed E-state index contributed by atoms with van der Waals surface area (Å²) in [6.07, 6.45) is 15.1. The summed E-state index contributed by atoms with van der Waals surface area (Å²) in [5.74, 6) is 0.0569. The lowest BCUT2D eigenvalue weighted by Gasteiger charge is -2.81. The van der Waals surface area contributed by atoms with E-state index in [0.717, 1.165) is 110 Å². The number of carboxylic acid groups (broad SMARTS) is 1. The number of likely N-dealkylation sites (tertiary alicyclic amines) is 2. The molecule has 0 bridgehead atoms. The number of carboxylic acids is 1. The third-order valence-corrected chi connectivity index (χ3v) is 23.9. The van der Waals surface area contributed by atoms with Crippen LogP contribution in [0.25, 0.3) is 0 Å². The van der Waals surface area contributed by atoms with Crippen LogP contribution in [-0.2, 0) is 19.1 Å². The van der Waals surface area contributed by atoms with Crippen LogP contribution >= 0.6 is 0 Å². The Kier molecular flexibility index (Phi) is 10.7. The molecule has 8 rings (SSSR count). The lowest BCUT2D eigenvalue weighted by molar-refractivity contribution is -0.329. The van der Waals surface area contributed by atoms with Crippen molar-refractivity contribution in [1.82, 2.24) is 9.80 Å². The second-order valence-corrected chi connectivity index (χ2v) is 26.4. The summed E-state index contributed by atoms with van der Waals surface area (Å²) in [6.45, 7) is 36.0. The number of amides is 1. The molecule has 2 N–H and O–H groups in total. The number of hydrogen-bond acceptors (Lipinski definition) is 6. The average Bonchev–Trinajstić information content (AvgIpc) is 3.90. The van der Waals surface area contributed by atoms with E-state index in [1.165, 1.54) is 0 Å². The zero-order chi connectivity index (χ0) is 44.9. The van der Waals surface area contributed by atoms with Gasteiger partial charge in [-0.15, -0.1) is 0 Å². The van der Waals surface area contributed by atoms with Gasteiger partial charge >= 0.3 is 11.9 Å². The molecule has 6 saturated carbocycles. The fraction of sp³-hybridized carbons (Fsp3) is 0.943. The number of carbonyl (C=O) groups excluding carboxylic acids is 2. The molecule has 8 aliphatic rings. The second kappa shape index (κ2) is 14.2. The summed E-state index contributed by atoms with van der Waals surface area (Å²) in [5.41, 5.74) is -1.91. The van der Waals surface area contributed by atoms with Crippen LogP contribution in [0, 0.1) is 78.3 Å². The molecule has 346 valence electrons. The Labute approximate surface area is 370 Å². The van der Waals surface area contributed by atoms with Gasteiger partial charge in [0.15, 0.2) is 0 Å². The maximum atomic E-state index is 15.8. The Balaban J connectivity index is 1.09. The summed E-state index contributed by atoms with van der Waals surface area (Å²) < 4.78 is 6.59. The molecule has 2 saturated heterocycles. The summed E-state index contributed by atoms with van der Waals surface area (Å²) in [4.78, 5) is 46.6. The molecular weight excluding hydrogens is 761 g/mol. The SMILES string of the molecule is CC(C)[C@@H]1CC[C@]2(C(=O)N3CCC[C@H]3CN3CCC[C@H]3C(C)(C)O)CC[C@]3(C)[C@H](CC[C@]4(C)[C@@]5(C)CC[C@H](OC(=O)[C@H]6CC(C(=O)O)C6(C)C)C(C)(C)[C@]5(C)CC[C@]43C)[C@@]12C. The van der Waals surface area contributed by atoms with Gasteiger partial charge in [0.05, 0.1) is 22.9 Å². The van der Waals surface area contributed by atoms with Crippen molar-refractivity contribution < 1.29 is 29.3 Å². The molecule has 1 amide bonds. The molecule has 2 aliphatic heterocycles. The molecule has 0 spiro atoms. The molecule has 0 aromatic rings. The fourth-order valence-corrected chi connectivity index (χ4v) is 19.1. The van der Waals surface area contributed by atoms with Gasteiger partial charge in [0.2, 0.25) is 5.91 Å². The van der Waals surface area contributed by atoms with E-state index in [2.05, 4.69) is 79.0 Å². The highest BCUT2D eigenvalue weighted by Crippen LogP contribution is 2.86. The van der Waals surface area contributed by atoms with E-state index in [0.29, 0.717) is 30.1 Å². The highest BCUT2D eigenvalue weighted by Gasteiger charge is 2.80.